The van der Waals surface area contributed by atoms with Crippen molar-refractivity contribution in [3.8, 4) is 0 Å². The van der Waals surface area contributed by atoms with Crippen molar-refractivity contribution in [2.24, 2.45) is 0 Å². The Balaban J connectivity index is 0.00000576. The fourth-order valence-electron chi connectivity index (χ4n) is 2.44. The molecule has 1 aromatic carbocycles. The van der Waals surface area contributed by atoms with Gasteiger partial charge in [0.2, 0.25) is 5.91 Å². The van der Waals surface area contributed by atoms with Gasteiger partial charge in [-0.05, 0) is 37.8 Å². The van der Waals surface area contributed by atoms with Crippen LogP contribution in [0.25, 0.3) is 0 Å². The zero-order valence-corrected chi connectivity index (χ0v) is 17.3. The number of nitrogens with zero attached hydrogens (tertiary/aromatic N) is 1. The number of amides is 2. The second-order valence-corrected chi connectivity index (χ2v) is 5.63. The third-order valence-electron chi connectivity index (χ3n) is 3.58. The van der Waals surface area contributed by atoms with Crippen LogP contribution in [0.2, 0.25) is 0 Å². The summed E-state index contributed by atoms with van der Waals surface area (Å²) in [5, 5.41) is 13.4. The van der Waals surface area contributed by atoms with Crippen LogP contribution >= 0.6 is 0 Å². The average molecular weight is 356 g/mol. The van der Waals surface area contributed by atoms with E-state index >= 15 is 0 Å². The molecular weight excluding hydrogens is 331 g/mol. The van der Waals surface area contributed by atoms with Crippen LogP contribution in [0.3, 0.4) is 0 Å². The first-order chi connectivity index (χ1) is 11.5. The molecule has 132 valence electrons. The first-order valence-electron chi connectivity index (χ1n) is 8.34. The normalized spacial score (nSPS) is 11.1. The molecular formula is C18H25N2NaO4. The van der Waals surface area contributed by atoms with Gasteiger partial charge in [0.15, 0.2) is 0 Å². The summed E-state index contributed by atoms with van der Waals surface area (Å²) in [6.07, 6.45) is 1.33. The van der Waals surface area contributed by atoms with Crippen LogP contribution in [-0.4, -0.2) is 41.8 Å². The number of hydrogen-bond acceptors (Lipinski definition) is 4. The number of carbonyl (C=O) groups is 3. The maximum atomic E-state index is 12.7. The minimum atomic E-state index is -1.24. The smallest absolute Gasteiger partial charge is 0.550 e. The fourth-order valence-corrected chi connectivity index (χ4v) is 2.44. The van der Waals surface area contributed by atoms with Crippen molar-refractivity contribution in [3.63, 3.8) is 0 Å². The van der Waals surface area contributed by atoms with Crippen LogP contribution in [0, 0.1) is 0 Å². The zero-order valence-electron chi connectivity index (χ0n) is 15.3. The minimum Gasteiger partial charge on any atom is -0.550 e. The van der Waals surface area contributed by atoms with Gasteiger partial charge in [0, 0.05) is 24.6 Å². The fraction of sp³-hybridized carbons (Fsp3) is 0.500. The predicted octanol–water partition coefficient (Wildman–Crippen LogP) is -2.03. The maximum Gasteiger partial charge on any atom is 1.00 e. The maximum absolute atomic E-state index is 12.7. The zero-order chi connectivity index (χ0) is 17.9. The van der Waals surface area contributed by atoms with E-state index in [4.69, 9.17) is 0 Å². The van der Waals surface area contributed by atoms with Gasteiger partial charge in [-0.2, -0.15) is 0 Å². The number of nitrogens with one attached hydrogen (secondary N) is 1. The van der Waals surface area contributed by atoms with E-state index in [0.29, 0.717) is 18.7 Å². The van der Waals surface area contributed by atoms with E-state index in [0.717, 1.165) is 12.8 Å². The molecule has 0 saturated carbocycles. The molecule has 7 heteroatoms. The molecule has 1 aromatic rings. The number of benzene rings is 1. The van der Waals surface area contributed by atoms with Gasteiger partial charge >= 0.3 is 29.6 Å². The van der Waals surface area contributed by atoms with Crippen LogP contribution in [0.15, 0.2) is 30.3 Å². The van der Waals surface area contributed by atoms with Crippen molar-refractivity contribution < 1.29 is 49.0 Å². The number of carboxylic acid groups (broad SMARTS) is 1. The van der Waals surface area contributed by atoms with Crippen LogP contribution in [0.1, 0.15) is 49.9 Å². The summed E-state index contributed by atoms with van der Waals surface area (Å²) < 4.78 is 0. The van der Waals surface area contributed by atoms with Gasteiger partial charge < -0.3 is 20.1 Å². The molecule has 0 fully saturated rings. The molecule has 0 aromatic heterocycles. The largest absolute Gasteiger partial charge is 1.00 e. The van der Waals surface area contributed by atoms with Gasteiger partial charge in [0.1, 0.15) is 6.04 Å². The molecule has 0 heterocycles. The van der Waals surface area contributed by atoms with Crippen LogP contribution < -0.4 is 40.0 Å². The van der Waals surface area contributed by atoms with Crippen molar-refractivity contribution in [1.82, 2.24) is 10.2 Å². The molecule has 25 heavy (non-hydrogen) atoms. The Morgan fingerprint density at radius 2 is 1.64 bits per heavy atom. The van der Waals surface area contributed by atoms with Gasteiger partial charge in [-0.3, -0.25) is 9.59 Å². The Morgan fingerprint density at radius 3 is 2.12 bits per heavy atom. The summed E-state index contributed by atoms with van der Waals surface area (Å²) in [7, 11) is 0. The van der Waals surface area contributed by atoms with Crippen molar-refractivity contribution in [2.75, 3.05) is 13.1 Å². The Morgan fingerprint density at radius 1 is 1.08 bits per heavy atom. The van der Waals surface area contributed by atoms with Crippen molar-refractivity contribution in [1.29, 1.82) is 0 Å². The summed E-state index contributed by atoms with van der Waals surface area (Å²) >= 11 is 0. The quantitative estimate of drug-likeness (QED) is 0.490. The van der Waals surface area contributed by atoms with Crippen LogP contribution in [0.5, 0.6) is 0 Å². The van der Waals surface area contributed by atoms with Gasteiger partial charge in [-0.25, -0.2) is 0 Å². The second kappa shape index (κ2) is 12.9. The minimum absolute atomic E-state index is 0. The third kappa shape index (κ3) is 8.52. The standard InChI is InChI=1S/C18H26N2O4.Na/c1-3-12-20(13-4-2)18(24)15(10-11-16(21)22)19-17(23)14-8-6-5-7-9-14;/h5-9,15H,3-4,10-13H2,1-2H3,(H,19,23)(H,21,22);/q;+1/p-1/t15-;/m1./s1. The summed E-state index contributed by atoms with van der Waals surface area (Å²) in [6.45, 7) is 5.09. The van der Waals surface area contributed by atoms with Gasteiger partial charge in [-0.15, -0.1) is 0 Å². The SMILES string of the molecule is CCCN(CCC)C(=O)[C@@H](CCC(=O)[O-])NC(=O)c1ccccc1.[Na+]. The van der Waals surface area contributed by atoms with E-state index in [-0.39, 0.29) is 54.2 Å². The van der Waals surface area contributed by atoms with Gasteiger partial charge in [0.25, 0.3) is 5.91 Å². The van der Waals surface area contributed by atoms with E-state index in [9.17, 15) is 19.5 Å². The number of rotatable bonds is 10. The first-order valence-corrected chi connectivity index (χ1v) is 8.34. The molecule has 1 rings (SSSR count). The molecule has 6 nitrogen and oxygen atoms in total. The van der Waals surface area contributed by atoms with Crippen LogP contribution in [0.4, 0.5) is 0 Å². The monoisotopic (exact) mass is 356 g/mol. The Hall–Kier alpha value is -1.37. The molecule has 1 atom stereocenters. The van der Waals surface area contributed by atoms with E-state index in [2.05, 4.69) is 5.32 Å². The van der Waals surface area contributed by atoms with E-state index in [1.807, 2.05) is 13.8 Å². The molecule has 0 radical (unpaired) electrons. The van der Waals surface area contributed by atoms with Crippen LogP contribution in [-0.2, 0) is 9.59 Å². The topological polar surface area (TPSA) is 89.5 Å². The van der Waals surface area contributed by atoms with E-state index in [1.165, 1.54) is 0 Å². The molecule has 0 aliphatic carbocycles. The summed E-state index contributed by atoms with van der Waals surface area (Å²) in [5.74, 6) is -1.87. The molecule has 0 saturated heterocycles. The second-order valence-electron chi connectivity index (χ2n) is 5.63. The molecule has 0 aliphatic rings. The number of aliphatic carboxylic acids is 1. The summed E-state index contributed by atoms with van der Waals surface area (Å²) in [5.41, 5.74) is 0.432. The molecule has 2 amide bonds. The molecule has 0 bridgehead atoms. The Bertz CT molecular complexity index is 545. The number of hydrogen-bond donors (Lipinski definition) is 1. The Kier molecular flexibility index (Phi) is 12.2. The summed E-state index contributed by atoms with van der Waals surface area (Å²) in [6, 6.07) is 7.67. The van der Waals surface area contributed by atoms with Crippen molar-refractivity contribution in [3.05, 3.63) is 35.9 Å². The van der Waals surface area contributed by atoms with E-state index in [1.54, 1.807) is 35.2 Å². The Labute approximate surface area is 171 Å². The first kappa shape index (κ1) is 23.6. The predicted molar refractivity (Wildman–Crippen MR) is 89.1 cm³/mol. The average Bonchev–Trinajstić information content (AvgIpc) is 2.58. The van der Waals surface area contributed by atoms with E-state index < -0.39 is 12.0 Å². The molecule has 0 aliphatic heterocycles. The number of carboxylic acids is 1. The third-order valence-corrected chi connectivity index (χ3v) is 3.58. The van der Waals surface area contributed by atoms with Gasteiger partial charge in [0.05, 0.1) is 0 Å². The summed E-state index contributed by atoms with van der Waals surface area (Å²) in [4.78, 5) is 37.4. The van der Waals surface area contributed by atoms with Crippen molar-refractivity contribution >= 4 is 17.8 Å². The van der Waals surface area contributed by atoms with Crippen molar-refractivity contribution in [2.45, 2.75) is 45.6 Å². The molecule has 0 unspecified atom stereocenters. The molecule has 0 spiro atoms. The number of carbonyl (C=O) groups excluding carboxylic acids is 3. The van der Waals surface area contributed by atoms with Gasteiger partial charge in [-0.1, -0.05) is 32.0 Å². The molecule has 1 N–H and O–H groups in total.